The number of rotatable bonds is 3. The van der Waals surface area contributed by atoms with Crippen LogP contribution in [0.2, 0.25) is 0 Å². The van der Waals surface area contributed by atoms with Crippen molar-refractivity contribution in [1.29, 1.82) is 0 Å². The van der Waals surface area contributed by atoms with Crippen LogP contribution in [0.25, 0.3) is 0 Å². The highest BCUT2D eigenvalue weighted by molar-refractivity contribution is 4.93. The number of nitrogens with zero attached hydrogens (tertiary/aromatic N) is 3. The Bertz CT molecular complexity index is 323. The summed E-state index contributed by atoms with van der Waals surface area (Å²) in [6.45, 7) is 10.8. The predicted octanol–water partition coefficient (Wildman–Crippen LogP) is 1.94. The smallest absolute Gasteiger partial charge is 0.159 e. The van der Waals surface area contributed by atoms with E-state index in [-0.39, 0.29) is 17.6 Å². The van der Waals surface area contributed by atoms with Crippen LogP contribution < -0.4 is 0 Å². The van der Waals surface area contributed by atoms with Gasteiger partial charge >= 0.3 is 0 Å². The lowest BCUT2D eigenvalue weighted by molar-refractivity contribution is 0.192. The molecule has 0 aliphatic heterocycles. The summed E-state index contributed by atoms with van der Waals surface area (Å²) in [6.07, 6.45) is 2.70. The van der Waals surface area contributed by atoms with Gasteiger partial charge in [-0.25, -0.2) is 0 Å². The van der Waals surface area contributed by atoms with Crippen molar-refractivity contribution in [3.05, 3.63) is 12.2 Å². The zero-order valence-electron chi connectivity index (χ0n) is 10.3. The van der Waals surface area contributed by atoms with Crippen LogP contribution in [0, 0.1) is 5.41 Å². The SMILES string of the molecule is CC(C)(C)CC(C)(C)n1cnnc1CO. The minimum Gasteiger partial charge on any atom is -0.388 e. The fourth-order valence-corrected chi connectivity index (χ4v) is 2.26. The number of aromatic nitrogens is 3. The molecule has 0 radical (unpaired) electrons. The van der Waals surface area contributed by atoms with Gasteiger partial charge in [-0.2, -0.15) is 0 Å². The first-order valence-corrected chi connectivity index (χ1v) is 5.26. The first-order chi connectivity index (χ1) is 6.76. The summed E-state index contributed by atoms with van der Waals surface area (Å²) in [6, 6.07) is 0. The van der Waals surface area contributed by atoms with Gasteiger partial charge < -0.3 is 9.67 Å². The van der Waals surface area contributed by atoms with Gasteiger partial charge in [-0.05, 0) is 25.7 Å². The summed E-state index contributed by atoms with van der Waals surface area (Å²) >= 11 is 0. The molecule has 86 valence electrons. The quantitative estimate of drug-likeness (QED) is 0.831. The van der Waals surface area contributed by atoms with Crippen molar-refractivity contribution >= 4 is 0 Å². The van der Waals surface area contributed by atoms with Crippen LogP contribution in [0.4, 0.5) is 0 Å². The van der Waals surface area contributed by atoms with E-state index in [0.29, 0.717) is 5.82 Å². The van der Waals surface area contributed by atoms with Crippen molar-refractivity contribution < 1.29 is 5.11 Å². The molecule has 0 bridgehead atoms. The van der Waals surface area contributed by atoms with Crippen molar-refractivity contribution in [3.63, 3.8) is 0 Å². The van der Waals surface area contributed by atoms with Crippen LogP contribution in [-0.2, 0) is 12.1 Å². The summed E-state index contributed by atoms with van der Waals surface area (Å²) in [7, 11) is 0. The molecule has 0 saturated carbocycles. The molecule has 0 aliphatic rings. The normalized spacial score (nSPS) is 13.2. The monoisotopic (exact) mass is 211 g/mol. The van der Waals surface area contributed by atoms with E-state index in [4.69, 9.17) is 5.11 Å². The molecule has 1 heterocycles. The van der Waals surface area contributed by atoms with Gasteiger partial charge in [0.2, 0.25) is 0 Å². The number of aliphatic hydroxyl groups is 1. The van der Waals surface area contributed by atoms with E-state index in [1.54, 1.807) is 6.33 Å². The molecule has 4 nitrogen and oxygen atoms in total. The van der Waals surface area contributed by atoms with E-state index < -0.39 is 0 Å². The van der Waals surface area contributed by atoms with Crippen molar-refractivity contribution in [2.45, 2.75) is 53.2 Å². The van der Waals surface area contributed by atoms with Crippen LogP contribution in [0.5, 0.6) is 0 Å². The van der Waals surface area contributed by atoms with Crippen LogP contribution >= 0.6 is 0 Å². The molecular formula is C11H21N3O. The van der Waals surface area contributed by atoms with Gasteiger partial charge in [0.1, 0.15) is 12.9 Å². The van der Waals surface area contributed by atoms with E-state index in [1.165, 1.54) is 0 Å². The lowest BCUT2D eigenvalue weighted by atomic mass is 9.81. The van der Waals surface area contributed by atoms with E-state index >= 15 is 0 Å². The third-order valence-corrected chi connectivity index (χ3v) is 2.37. The Morgan fingerprint density at radius 2 is 1.87 bits per heavy atom. The van der Waals surface area contributed by atoms with Crippen molar-refractivity contribution in [3.8, 4) is 0 Å². The predicted molar refractivity (Wildman–Crippen MR) is 59.3 cm³/mol. The Balaban J connectivity index is 2.95. The minimum absolute atomic E-state index is 0.0619. The third kappa shape index (κ3) is 3.02. The molecule has 0 unspecified atom stereocenters. The van der Waals surface area contributed by atoms with E-state index in [0.717, 1.165) is 6.42 Å². The van der Waals surface area contributed by atoms with Gasteiger partial charge in [0.05, 0.1) is 0 Å². The average Bonchev–Trinajstić information content (AvgIpc) is 2.46. The average molecular weight is 211 g/mol. The highest BCUT2D eigenvalue weighted by Gasteiger charge is 2.28. The maximum absolute atomic E-state index is 9.15. The molecule has 0 spiro atoms. The number of hydrogen-bond acceptors (Lipinski definition) is 3. The minimum atomic E-state index is -0.0696. The molecule has 1 aromatic heterocycles. The number of aliphatic hydroxyl groups excluding tert-OH is 1. The van der Waals surface area contributed by atoms with Crippen LogP contribution in [0.1, 0.15) is 46.9 Å². The van der Waals surface area contributed by atoms with Gasteiger partial charge in [0.15, 0.2) is 5.82 Å². The Morgan fingerprint density at radius 3 is 2.33 bits per heavy atom. The lowest BCUT2D eigenvalue weighted by Crippen LogP contribution is -2.32. The second-order valence-electron chi connectivity index (χ2n) is 5.83. The van der Waals surface area contributed by atoms with Gasteiger partial charge in [0.25, 0.3) is 0 Å². The Kier molecular flexibility index (Phi) is 3.19. The molecule has 0 aromatic carbocycles. The molecule has 15 heavy (non-hydrogen) atoms. The molecule has 0 fully saturated rings. The molecule has 0 saturated heterocycles. The van der Waals surface area contributed by atoms with Gasteiger partial charge in [-0.15, -0.1) is 10.2 Å². The second kappa shape index (κ2) is 3.93. The van der Waals surface area contributed by atoms with Crippen molar-refractivity contribution in [2.24, 2.45) is 5.41 Å². The van der Waals surface area contributed by atoms with Gasteiger partial charge in [0, 0.05) is 5.54 Å². The fourth-order valence-electron chi connectivity index (χ4n) is 2.26. The van der Waals surface area contributed by atoms with Crippen LogP contribution in [-0.4, -0.2) is 19.9 Å². The largest absolute Gasteiger partial charge is 0.388 e. The first-order valence-electron chi connectivity index (χ1n) is 5.26. The standard InChI is InChI=1S/C11H21N3O/c1-10(2,3)7-11(4,5)14-8-12-13-9(14)6-15/h8,15H,6-7H2,1-5H3. The zero-order valence-corrected chi connectivity index (χ0v) is 10.3. The molecule has 1 rings (SSSR count). The highest BCUT2D eigenvalue weighted by Crippen LogP contribution is 2.32. The Morgan fingerprint density at radius 1 is 1.27 bits per heavy atom. The summed E-state index contributed by atoms with van der Waals surface area (Å²) in [5.41, 5.74) is 0.167. The Hall–Kier alpha value is -0.900. The summed E-state index contributed by atoms with van der Waals surface area (Å²) in [5, 5.41) is 16.9. The molecule has 1 N–H and O–H groups in total. The van der Waals surface area contributed by atoms with Crippen LogP contribution in [0.15, 0.2) is 6.33 Å². The topological polar surface area (TPSA) is 50.9 Å². The van der Waals surface area contributed by atoms with E-state index in [9.17, 15) is 0 Å². The van der Waals surface area contributed by atoms with Gasteiger partial charge in [-0.1, -0.05) is 20.8 Å². The summed E-state index contributed by atoms with van der Waals surface area (Å²) < 4.78 is 1.96. The zero-order chi connectivity index (χ0) is 11.7. The molecule has 1 aromatic rings. The second-order valence-corrected chi connectivity index (χ2v) is 5.83. The van der Waals surface area contributed by atoms with Gasteiger partial charge in [-0.3, -0.25) is 0 Å². The van der Waals surface area contributed by atoms with Crippen molar-refractivity contribution in [2.75, 3.05) is 0 Å². The van der Waals surface area contributed by atoms with E-state index in [1.807, 2.05) is 4.57 Å². The fraction of sp³-hybridized carbons (Fsp3) is 0.818. The molecule has 0 aliphatic carbocycles. The molecular weight excluding hydrogens is 190 g/mol. The van der Waals surface area contributed by atoms with Crippen molar-refractivity contribution in [1.82, 2.24) is 14.8 Å². The summed E-state index contributed by atoms with van der Waals surface area (Å²) in [4.78, 5) is 0. The third-order valence-electron chi connectivity index (χ3n) is 2.37. The lowest BCUT2D eigenvalue weighted by Gasteiger charge is -2.34. The molecule has 0 atom stereocenters. The summed E-state index contributed by atoms with van der Waals surface area (Å²) in [5.74, 6) is 0.629. The van der Waals surface area contributed by atoms with E-state index in [2.05, 4.69) is 44.8 Å². The maximum atomic E-state index is 9.15. The molecule has 4 heteroatoms. The van der Waals surface area contributed by atoms with Crippen LogP contribution in [0.3, 0.4) is 0 Å². The highest BCUT2D eigenvalue weighted by atomic mass is 16.3. The molecule has 0 amide bonds. The Labute approximate surface area is 91.3 Å². The number of hydrogen-bond donors (Lipinski definition) is 1. The maximum Gasteiger partial charge on any atom is 0.159 e. The first kappa shape index (κ1) is 12.2.